The van der Waals surface area contributed by atoms with E-state index in [1.807, 2.05) is 25.1 Å². The first kappa shape index (κ1) is 26.1. The Morgan fingerprint density at radius 3 is 2.24 bits per heavy atom. The van der Waals surface area contributed by atoms with Gasteiger partial charge in [0.05, 0.1) is 10.4 Å². The van der Waals surface area contributed by atoms with E-state index in [1.165, 1.54) is 12.6 Å². The normalized spacial score (nSPS) is 16.2. The van der Waals surface area contributed by atoms with Crippen molar-refractivity contribution in [3.05, 3.63) is 87.1 Å². The van der Waals surface area contributed by atoms with Crippen molar-refractivity contribution in [3.63, 3.8) is 0 Å². The molecule has 2 aromatic carbocycles. The highest BCUT2D eigenvalue weighted by molar-refractivity contribution is 7.89. The van der Waals surface area contributed by atoms with Crippen molar-refractivity contribution in [1.29, 1.82) is 0 Å². The predicted octanol–water partition coefficient (Wildman–Crippen LogP) is 3.17. The third kappa shape index (κ3) is 4.63. The van der Waals surface area contributed by atoms with Gasteiger partial charge in [-0.3, -0.25) is 18.8 Å². The molecule has 0 aliphatic carbocycles. The molecule has 1 atom stereocenters. The van der Waals surface area contributed by atoms with Crippen LogP contribution in [0, 0.1) is 0 Å². The lowest BCUT2D eigenvalue weighted by atomic mass is 10.1. The first-order valence-corrected chi connectivity index (χ1v) is 14.4. The van der Waals surface area contributed by atoms with Crippen LogP contribution in [0.4, 0.5) is 0 Å². The molecular formula is C28H33N5O4S. The molecule has 3 heterocycles. The average molecular weight is 536 g/mol. The Labute approximate surface area is 222 Å². The number of aryl methyl sites for hydroxylation is 1. The lowest BCUT2D eigenvalue weighted by Gasteiger charge is -2.37. The third-order valence-corrected chi connectivity index (χ3v) is 9.39. The molecule has 2 aromatic heterocycles. The van der Waals surface area contributed by atoms with Gasteiger partial charge in [-0.25, -0.2) is 13.2 Å². The van der Waals surface area contributed by atoms with Gasteiger partial charge < -0.3 is 4.98 Å². The van der Waals surface area contributed by atoms with Crippen LogP contribution >= 0.6 is 0 Å². The molecule has 0 saturated carbocycles. The van der Waals surface area contributed by atoms with Gasteiger partial charge in [-0.2, -0.15) is 4.31 Å². The fraction of sp³-hybridized carbons (Fsp3) is 0.357. The van der Waals surface area contributed by atoms with E-state index in [9.17, 15) is 18.0 Å². The molecule has 200 valence electrons. The van der Waals surface area contributed by atoms with Crippen LogP contribution in [0.15, 0.2) is 75.1 Å². The number of hydrogen-bond donors (Lipinski definition) is 1. The smallest absolute Gasteiger partial charge is 0.331 e. The largest absolute Gasteiger partial charge is 0.349 e. The molecule has 5 rings (SSSR count). The van der Waals surface area contributed by atoms with Crippen molar-refractivity contribution >= 4 is 21.1 Å². The molecule has 0 amide bonds. The van der Waals surface area contributed by atoms with Crippen LogP contribution in [-0.2, 0) is 23.6 Å². The molecule has 9 nitrogen and oxygen atoms in total. The van der Waals surface area contributed by atoms with Gasteiger partial charge in [0.2, 0.25) is 10.0 Å². The second-order valence-electron chi connectivity index (χ2n) is 9.79. The predicted molar refractivity (Wildman–Crippen MR) is 149 cm³/mol. The number of nitrogens with zero attached hydrogens (tertiary/aromatic N) is 4. The van der Waals surface area contributed by atoms with Crippen molar-refractivity contribution in [3.8, 4) is 11.3 Å². The van der Waals surface area contributed by atoms with Crippen molar-refractivity contribution < 1.29 is 8.42 Å². The minimum atomic E-state index is -3.63. The summed E-state index contributed by atoms with van der Waals surface area (Å²) in [4.78, 5) is 31.0. The molecule has 10 heteroatoms. The Morgan fingerprint density at radius 1 is 0.947 bits per heavy atom. The first-order chi connectivity index (χ1) is 18.2. The van der Waals surface area contributed by atoms with Gasteiger partial charge in [0, 0.05) is 51.5 Å². The summed E-state index contributed by atoms with van der Waals surface area (Å²) >= 11 is 0. The summed E-state index contributed by atoms with van der Waals surface area (Å²) in [6, 6.07) is 18.9. The van der Waals surface area contributed by atoms with E-state index in [0.717, 1.165) is 16.6 Å². The van der Waals surface area contributed by atoms with E-state index >= 15 is 0 Å². The standard InChI is InChI=1S/C28H33N5O4S/c1-4-14-33-25-19-24(29-26(25)27(34)30(3)28(33)35)22-10-12-23(13-11-22)38(36,37)32-17-15-31(16-18-32)20(2)21-8-6-5-7-9-21/h5-13,19-20,29H,4,14-18H2,1-3H3. The van der Waals surface area contributed by atoms with Crippen molar-refractivity contribution in [1.82, 2.24) is 23.3 Å². The lowest BCUT2D eigenvalue weighted by Crippen LogP contribution is -2.49. The molecule has 1 fully saturated rings. The lowest BCUT2D eigenvalue weighted by molar-refractivity contribution is 0.146. The molecule has 0 radical (unpaired) electrons. The molecule has 1 aliphatic rings. The number of nitrogens with one attached hydrogen (secondary N) is 1. The van der Waals surface area contributed by atoms with Gasteiger partial charge in [-0.05, 0) is 42.7 Å². The Bertz CT molecular complexity index is 1660. The minimum Gasteiger partial charge on any atom is -0.349 e. The molecule has 1 saturated heterocycles. The molecule has 0 spiro atoms. The number of aromatic amines is 1. The van der Waals surface area contributed by atoms with Crippen LogP contribution in [0.1, 0.15) is 31.9 Å². The van der Waals surface area contributed by atoms with Crippen LogP contribution in [0.3, 0.4) is 0 Å². The van der Waals surface area contributed by atoms with E-state index in [4.69, 9.17) is 0 Å². The van der Waals surface area contributed by atoms with E-state index in [-0.39, 0.29) is 22.2 Å². The summed E-state index contributed by atoms with van der Waals surface area (Å²) < 4.78 is 31.0. The summed E-state index contributed by atoms with van der Waals surface area (Å²) in [5.74, 6) is 0. The Morgan fingerprint density at radius 2 is 1.61 bits per heavy atom. The number of benzene rings is 2. The van der Waals surface area contributed by atoms with E-state index in [1.54, 1.807) is 39.2 Å². The van der Waals surface area contributed by atoms with Gasteiger partial charge in [0.15, 0.2) is 0 Å². The maximum absolute atomic E-state index is 13.4. The van der Waals surface area contributed by atoms with E-state index in [2.05, 4.69) is 28.9 Å². The Balaban J connectivity index is 1.35. The molecule has 38 heavy (non-hydrogen) atoms. The van der Waals surface area contributed by atoms with Gasteiger partial charge in [-0.15, -0.1) is 0 Å². The fourth-order valence-electron chi connectivity index (χ4n) is 5.18. The summed E-state index contributed by atoms with van der Waals surface area (Å²) in [6.45, 7) is 6.81. The van der Waals surface area contributed by atoms with Gasteiger partial charge >= 0.3 is 5.69 Å². The maximum atomic E-state index is 13.4. The topological polar surface area (TPSA) is 100 Å². The summed E-state index contributed by atoms with van der Waals surface area (Å²) in [7, 11) is -2.16. The second-order valence-corrected chi connectivity index (χ2v) is 11.7. The van der Waals surface area contributed by atoms with Gasteiger partial charge in [0.25, 0.3) is 5.56 Å². The van der Waals surface area contributed by atoms with Crippen LogP contribution in [-0.4, -0.2) is 57.9 Å². The highest BCUT2D eigenvalue weighted by Crippen LogP contribution is 2.27. The minimum absolute atomic E-state index is 0.224. The summed E-state index contributed by atoms with van der Waals surface area (Å²) in [5.41, 5.74) is 2.78. The van der Waals surface area contributed by atoms with Crippen LogP contribution in [0.2, 0.25) is 0 Å². The van der Waals surface area contributed by atoms with E-state index in [0.29, 0.717) is 49.5 Å². The number of H-pyrrole nitrogens is 1. The summed E-state index contributed by atoms with van der Waals surface area (Å²) in [6.07, 6.45) is 0.750. The van der Waals surface area contributed by atoms with Crippen molar-refractivity contribution in [2.45, 2.75) is 37.8 Å². The molecule has 0 bridgehead atoms. The van der Waals surface area contributed by atoms with Gasteiger partial charge in [-0.1, -0.05) is 49.4 Å². The number of piperazine rings is 1. The first-order valence-electron chi connectivity index (χ1n) is 12.9. The quantitative estimate of drug-likeness (QED) is 0.392. The fourth-order valence-corrected chi connectivity index (χ4v) is 6.60. The maximum Gasteiger partial charge on any atom is 0.331 e. The zero-order valence-electron chi connectivity index (χ0n) is 21.9. The monoisotopic (exact) mass is 535 g/mol. The number of fused-ring (bicyclic) bond motifs is 1. The van der Waals surface area contributed by atoms with E-state index < -0.39 is 10.0 Å². The zero-order valence-corrected chi connectivity index (χ0v) is 22.7. The van der Waals surface area contributed by atoms with Crippen LogP contribution < -0.4 is 11.2 Å². The second kappa shape index (κ2) is 10.4. The Hall–Kier alpha value is -3.47. The van der Waals surface area contributed by atoms with Crippen molar-refractivity contribution in [2.75, 3.05) is 26.2 Å². The molecule has 4 aromatic rings. The number of aromatic nitrogens is 3. The molecular weight excluding hydrogens is 502 g/mol. The third-order valence-electron chi connectivity index (χ3n) is 7.48. The van der Waals surface area contributed by atoms with Crippen molar-refractivity contribution in [2.24, 2.45) is 7.05 Å². The Kier molecular flexibility index (Phi) is 7.13. The highest BCUT2D eigenvalue weighted by atomic mass is 32.2. The average Bonchev–Trinajstić information content (AvgIpc) is 3.40. The molecule has 1 unspecified atom stereocenters. The number of rotatable bonds is 7. The number of hydrogen-bond acceptors (Lipinski definition) is 5. The number of sulfonamides is 1. The highest BCUT2D eigenvalue weighted by Gasteiger charge is 2.30. The molecule has 1 N–H and O–H groups in total. The SMILES string of the molecule is CCCn1c(=O)n(C)c(=O)c2[nH]c(-c3ccc(S(=O)(=O)N4CCN(C(C)c5ccccc5)CC4)cc3)cc21. The van der Waals surface area contributed by atoms with Crippen LogP contribution in [0.25, 0.3) is 22.3 Å². The zero-order chi connectivity index (χ0) is 27.0. The van der Waals surface area contributed by atoms with Gasteiger partial charge in [0.1, 0.15) is 5.52 Å². The summed E-state index contributed by atoms with van der Waals surface area (Å²) in [5, 5.41) is 0. The van der Waals surface area contributed by atoms with Crippen LogP contribution in [0.5, 0.6) is 0 Å². The molecule has 1 aliphatic heterocycles.